The highest BCUT2D eigenvalue weighted by atomic mass is 35.5. The molecule has 0 saturated carbocycles. The van der Waals surface area contributed by atoms with Crippen molar-refractivity contribution in [3.8, 4) is 0 Å². The summed E-state index contributed by atoms with van der Waals surface area (Å²) in [5, 5.41) is 0.660. The minimum absolute atomic E-state index is 0.0804. The Morgan fingerprint density at radius 3 is 2.86 bits per heavy atom. The number of alkyl halides is 2. The molecule has 0 bridgehead atoms. The number of carbonyl (C=O) groups is 1. The molecule has 2 aromatic heterocycles. The lowest BCUT2D eigenvalue weighted by molar-refractivity contribution is -0.135. The molecule has 0 aliphatic carbocycles. The molecule has 1 fully saturated rings. The summed E-state index contributed by atoms with van der Waals surface area (Å²) in [5.41, 5.74) is 4.17. The van der Waals surface area contributed by atoms with Crippen LogP contribution in [0.1, 0.15) is 41.1 Å². The second kappa shape index (κ2) is 7.28. The molecule has 28 heavy (non-hydrogen) atoms. The number of fused-ring (bicyclic) bond motifs is 1. The minimum Gasteiger partial charge on any atom is -0.371 e. The molecule has 0 N–H and O–H groups in total. The summed E-state index contributed by atoms with van der Waals surface area (Å²) in [6.45, 7) is 6.03. The number of nitrogens with zero attached hydrogens (tertiary/aromatic N) is 4. The molecule has 4 heterocycles. The van der Waals surface area contributed by atoms with Crippen molar-refractivity contribution >= 4 is 23.2 Å². The maximum absolute atomic E-state index is 13.1. The zero-order valence-electron chi connectivity index (χ0n) is 15.8. The Bertz CT molecular complexity index is 937. The minimum atomic E-state index is -2.60. The third-order valence-electron chi connectivity index (χ3n) is 5.64. The van der Waals surface area contributed by atoms with E-state index < -0.39 is 6.43 Å². The van der Waals surface area contributed by atoms with Gasteiger partial charge in [0.1, 0.15) is 5.69 Å². The first-order valence-corrected chi connectivity index (χ1v) is 9.65. The van der Waals surface area contributed by atoms with Crippen LogP contribution in [0.25, 0.3) is 0 Å². The first-order chi connectivity index (χ1) is 13.3. The molecule has 2 aliphatic heterocycles. The Labute approximate surface area is 167 Å². The van der Waals surface area contributed by atoms with E-state index in [1.165, 1.54) is 12.3 Å². The zero-order valence-corrected chi connectivity index (χ0v) is 16.5. The van der Waals surface area contributed by atoms with Crippen LogP contribution in [0.3, 0.4) is 0 Å². The van der Waals surface area contributed by atoms with Crippen molar-refractivity contribution in [3.63, 3.8) is 0 Å². The normalized spacial score (nSPS) is 18.9. The lowest BCUT2D eigenvalue weighted by Crippen LogP contribution is -2.34. The molecule has 0 radical (unpaired) electrons. The van der Waals surface area contributed by atoms with Gasteiger partial charge in [0.25, 0.3) is 6.43 Å². The first-order valence-electron chi connectivity index (χ1n) is 9.27. The van der Waals surface area contributed by atoms with Gasteiger partial charge >= 0.3 is 0 Å². The second-order valence-corrected chi connectivity index (χ2v) is 7.80. The van der Waals surface area contributed by atoms with Gasteiger partial charge in [-0.15, -0.1) is 0 Å². The molecule has 1 unspecified atom stereocenters. The molecule has 1 amide bonds. The van der Waals surface area contributed by atoms with Crippen molar-refractivity contribution in [3.05, 3.63) is 51.6 Å². The summed E-state index contributed by atoms with van der Waals surface area (Å²) in [7, 11) is 0. The van der Waals surface area contributed by atoms with Crippen molar-refractivity contribution in [1.29, 1.82) is 0 Å². The maximum Gasteiger partial charge on any atom is 0.280 e. The van der Waals surface area contributed by atoms with Gasteiger partial charge in [-0.1, -0.05) is 11.6 Å². The monoisotopic (exact) mass is 406 g/mol. The topological polar surface area (TPSA) is 49.3 Å². The SMILES string of the molecule is Cc1nc2c(c(C)c1Cl)CN(C(=O)C1CCN(c3ccnc(C(F)F)c3)C1)C2. The van der Waals surface area contributed by atoms with Crippen molar-refractivity contribution in [2.24, 2.45) is 5.92 Å². The van der Waals surface area contributed by atoms with Gasteiger partial charge in [0.15, 0.2) is 0 Å². The Balaban J connectivity index is 1.46. The van der Waals surface area contributed by atoms with Gasteiger partial charge in [-0.05, 0) is 43.5 Å². The van der Waals surface area contributed by atoms with E-state index in [1.807, 2.05) is 23.6 Å². The maximum atomic E-state index is 13.1. The number of pyridine rings is 2. The van der Waals surface area contributed by atoms with Gasteiger partial charge in [0.2, 0.25) is 5.91 Å². The van der Waals surface area contributed by atoms with E-state index in [4.69, 9.17) is 11.6 Å². The van der Waals surface area contributed by atoms with Gasteiger partial charge in [-0.3, -0.25) is 14.8 Å². The summed E-state index contributed by atoms with van der Waals surface area (Å²) in [5.74, 6) is -0.0776. The van der Waals surface area contributed by atoms with E-state index in [-0.39, 0.29) is 17.5 Å². The summed E-state index contributed by atoms with van der Waals surface area (Å²) in [6.07, 6.45) is -0.512. The van der Waals surface area contributed by atoms with Crippen molar-refractivity contribution in [1.82, 2.24) is 14.9 Å². The van der Waals surface area contributed by atoms with Gasteiger partial charge in [0.05, 0.1) is 28.9 Å². The van der Waals surface area contributed by atoms with Crippen LogP contribution in [0.2, 0.25) is 5.02 Å². The van der Waals surface area contributed by atoms with Crippen molar-refractivity contribution in [2.75, 3.05) is 18.0 Å². The highest BCUT2D eigenvalue weighted by Crippen LogP contribution is 2.33. The molecular formula is C20H21ClF2N4O. The Kier molecular flexibility index (Phi) is 4.95. The zero-order chi connectivity index (χ0) is 20.0. The van der Waals surface area contributed by atoms with Gasteiger partial charge in [-0.25, -0.2) is 8.78 Å². The van der Waals surface area contributed by atoms with Crippen LogP contribution in [0.5, 0.6) is 0 Å². The smallest absolute Gasteiger partial charge is 0.280 e. The lowest BCUT2D eigenvalue weighted by atomic mass is 10.1. The quantitative estimate of drug-likeness (QED) is 0.771. The summed E-state index contributed by atoms with van der Waals surface area (Å²) < 4.78 is 25.8. The molecule has 1 atom stereocenters. The van der Waals surface area contributed by atoms with Crippen LogP contribution < -0.4 is 4.90 Å². The molecule has 2 aromatic rings. The molecule has 1 saturated heterocycles. The number of carbonyl (C=O) groups excluding carboxylic acids is 1. The van der Waals surface area contributed by atoms with Gasteiger partial charge in [0, 0.05) is 31.5 Å². The van der Waals surface area contributed by atoms with Crippen LogP contribution in [-0.2, 0) is 17.9 Å². The van der Waals surface area contributed by atoms with Crippen molar-refractivity contribution in [2.45, 2.75) is 39.8 Å². The standard InChI is InChI=1S/C20H21ClF2N4O/c1-11-15-9-27(10-17(15)25-12(2)18(11)21)20(28)13-4-6-26(8-13)14-3-5-24-16(7-14)19(22)23/h3,5,7,13,19H,4,6,8-10H2,1-2H3. The fraction of sp³-hybridized carbons (Fsp3) is 0.450. The highest BCUT2D eigenvalue weighted by Gasteiger charge is 2.35. The Morgan fingerprint density at radius 2 is 2.11 bits per heavy atom. The van der Waals surface area contributed by atoms with E-state index in [1.54, 1.807) is 6.07 Å². The lowest BCUT2D eigenvalue weighted by Gasteiger charge is -2.22. The van der Waals surface area contributed by atoms with E-state index >= 15 is 0 Å². The summed E-state index contributed by atoms with van der Waals surface area (Å²) >= 11 is 6.31. The number of halogens is 3. The fourth-order valence-electron chi connectivity index (χ4n) is 4.07. The number of anilines is 1. The Hall–Kier alpha value is -2.28. The first kappa shape index (κ1) is 19.1. The molecule has 0 spiro atoms. The third kappa shape index (κ3) is 3.32. The number of aromatic nitrogens is 2. The van der Waals surface area contributed by atoms with Crippen LogP contribution >= 0.6 is 11.6 Å². The summed E-state index contributed by atoms with van der Waals surface area (Å²) in [6, 6.07) is 3.11. The fourth-order valence-corrected chi connectivity index (χ4v) is 4.23. The molecule has 0 aromatic carbocycles. The van der Waals surface area contributed by atoms with Crippen LogP contribution in [0, 0.1) is 19.8 Å². The number of hydrogen-bond acceptors (Lipinski definition) is 4. The molecule has 4 rings (SSSR count). The van der Waals surface area contributed by atoms with Crippen LogP contribution in [-0.4, -0.2) is 33.9 Å². The molecule has 148 valence electrons. The van der Waals surface area contributed by atoms with Gasteiger partial charge in [-0.2, -0.15) is 0 Å². The predicted octanol–water partition coefficient (Wildman–Crippen LogP) is 4.05. The van der Waals surface area contributed by atoms with E-state index in [9.17, 15) is 13.6 Å². The molecule has 8 heteroatoms. The van der Waals surface area contributed by atoms with Gasteiger partial charge < -0.3 is 9.80 Å². The Morgan fingerprint density at radius 1 is 1.32 bits per heavy atom. The number of amides is 1. The summed E-state index contributed by atoms with van der Waals surface area (Å²) in [4.78, 5) is 25.1. The van der Waals surface area contributed by atoms with Crippen LogP contribution in [0.15, 0.2) is 18.3 Å². The number of rotatable bonds is 3. The second-order valence-electron chi connectivity index (χ2n) is 7.43. The van der Waals surface area contributed by atoms with E-state index in [0.29, 0.717) is 43.3 Å². The molecular weight excluding hydrogens is 386 g/mol. The number of aryl methyl sites for hydroxylation is 1. The molecule has 5 nitrogen and oxygen atoms in total. The predicted molar refractivity (Wildman–Crippen MR) is 102 cm³/mol. The van der Waals surface area contributed by atoms with E-state index in [0.717, 1.165) is 22.5 Å². The largest absolute Gasteiger partial charge is 0.371 e. The molecule has 2 aliphatic rings. The third-order valence-corrected chi connectivity index (χ3v) is 6.20. The average molecular weight is 407 g/mol. The van der Waals surface area contributed by atoms with E-state index in [2.05, 4.69) is 9.97 Å². The van der Waals surface area contributed by atoms with Crippen molar-refractivity contribution < 1.29 is 13.6 Å². The highest BCUT2D eigenvalue weighted by molar-refractivity contribution is 6.32. The average Bonchev–Trinajstić information content (AvgIpc) is 3.33. The van der Waals surface area contributed by atoms with Crippen LogP contribution in [0.4, 0.5) is 14.5 Å². The number of hydrogen-bond donors (Lipinski definition) is 0.